The van der Waals surface area contributed by atoms with Gasteiger partial charge in [0.25, 0.3) is 0 Å². The lowest BCUT2D eigenvalue weighted by atomic mass is 10.0. The van der Waals surface area contributed by atoms with E-state index in [1.165, 1.54) is 4.90 Å². The smallest absolute Gasteiger partial charge is 0.411 e. The second kappa shape index (κ2) is 2.76. The summed E-state index contributed by atoms with van der Waals surface area (Å²) in [5, 5.41) is 8.82. The maximum absolute atomic E-state index is 11.1. The Hall–Kier alpha value is -1.52. The van der Waals surface area contributed by atoms with Gasteiger partial charge in [-0.15, -0.1) is 0 Å². The highest BCUT2D eigenvalue weighted by Crippen LogP contribution is 2.23. The van der Waals surface area contributed by atoms with Crippen molar-refractivity contribution in [2.45, 2.75) is 18.5 Å². The van der Waals surface area contributed by atoms with Crippen LogP contribution in [0.3, 0.4) is 0 Å². The minimum atomic E-state index is -0.979. The third kappa shape index (κ3) is 1.16. The number of amides is 1. The van der Waals surface area contributed by atoms with E-state index in [0.717, 1.165) is 0 Å². The zero-order valence-electron chi connectivity index (χ0n) is 6.84. The quantitative estimate of drug-likeness (QED) is 0.590. The molecule has 2 aliphatic heterocycles. The molecule has 2 heterocycles. The normalized spacial score (nSPS) is 31.4. The van der Waals surface area contributed by atoms with Gasteiger partial charge in [0, 0.05) is 0 Å². The van der Waals surface area contributed by atoms with Gasteiger partial charge in [0.05, 0.1) is 6.04 Å². The summed E-state index contributed by atoms with van der Waals surface area (Å²) in [7, 11) is 0. The molecule has 1 N–H and O–H groups in total. The maximum atomic E-state index is 11.1. The molecule has 0 radical (unpaired) electrons. The summed E-state index contributed by atoms with van der Waals surface area (Å²) in [4.78, 5) is 23.2. The number of ether oxygens (including phenoxy) is 1. The van der Waals surface area contributed by atoms with Crippen molar-refractivity contribution in [3.8, 4) is 0 Å². The Balaban J connectivity index is 2.27. The third-order valence-electron chi connectivity index (χ3n) is 2.28. The van der Waals surface area contributed by atoms with Gasteiger partial charge < -0.3 is 9.84 Å². The van der Waals surface area contributed by atoms with Crippen LogP contribution in [0.4, 0.5) is 4.79 Å². The van der Waals surface area contributed by atoms with Gasteiger partial charge in [-0.2, -0.15) is 0 Å². The summed E-state index contributed by atoms with van der Waals surface area (Å²) in [6.07, 6.45) is 3.43. The van der Waals surface area contributed by atoms with Gasteiger partial charge in [-0.25, -0.2) is 9.59 Å². The van der Waals surface area contributed by atoms with Gasteiger partial charge in [0.2, 0.25) is 0 Å². The Kier molecular flexibility index (Phi) is 1.72. The second-order valence-electron chi connectivity index (χ2n) is 3.07. The van der Waals surface area contributed by atoms with E-state index in [0.29, 0.717) is 6.42 Å². The first-order valence-corrected chi connectivity index (χ1v) is 4.04. The number of carbonyl (C=O) groups is 2. The molecule has 1 amide bonds. The van der Waals surface area contributed by atoms with Gasteiger partial charge in [0.15, 0.2) is 0 Å². The molecule has 0 saturated carbocycles. The number of hydrogen-bond acceptors (Lipinski definition) is 3. The van der Waals surface area contributed by atoms with E-state index in [1.54, 1.807) is 6.08 Å². The van der Waals surface area contributed by atoms with Crippen LogP contribution in [-0.2, 0) is 9.53 Å². The van der Waals surface area contributed by atoms with E-state index >= 15 is 0 Å². The molecule has 0 aromatic heterocycles. The SMILES string of the molecule is O=C(O)C1CC=C[C@H]2COC(=O)N12. The Morgan fingerprint density at radius 2 is 2.46 bits per heavy atom. The summed E-state index contributed by atoms with van der Waals surface area (Å²) in [6, 6.07) is -0.952. The van der Waals surface area contributed by atoms with Crippen LogP contribution < -0.4 is 0 Å². The largest absolute Gasteiger partial charge is 0.480 e. The number of cyclic esters (lactones) is 1. The Morgan fingerprint density at radius 3 is 3.15 bits per heavy atom. The zero-order chi connectivity index (χ0) is 9.42. The number of hydrogen-bond donors (Lipinski definition) is 1. The van der Waals surface area contributed by atoms with Crippen LogP contribution >= 0.6 is 0 Å². The van der Waals surface area contributed by atoms with E-state index in [-0.39, 0.29) is 12.6 Å². The van der Waals surface area contributed by atoms with Crippen molar-refractivity contribution in [1.29, 1.82) is 0 Å². The lowest BCUT2D eigenvalue weighted by molar-refractivity contribution is -0.142. The molecule has 13 heavy (non-hydrogen) atoms. The molecule has 2 rings (SSSR count). The molecule has 1 saturated heterocycles. The van der Waals surface area contributed by atoms with Crippen molar-refractivity contribution in [3.05, 3.63) is 12.2 Å². The molecule has 1 unspecified atom stereocenters. The Bertz CT molecular complexity index is 286. The molecule has 0 aromatic rings. The maximum Gasteiger partial charge on any atom is 0.411 e. The van der Waals surface area contributed by atoms with Crippen LogP contribution in [0.2, 0.25) is 0 Å². The molecule has 0 aliphatic carbocycles. The summed E-state index contributed by atoms with van der Waals surface area (Å²) in [6.45, 7) is 0.263. The van der Waals surface area contributed by atoms with Gasteiger partial charge in [-0.05, 0) is 6.42 Å². The highest BCUT2D eigenvalue weighted by atomic mass is 16.6. The predicted octanol–water partition coefficient (Wildman–Crippen LogP) is 0.220. The molecular weight excluding hydrogens is 174 g/mol. The first-order valence-electron chi connectivity index (χ1n) is 4.04. The highest BCUT2D eigenvalue weighted by Gasteiger charge is 2.41. The van der Waals surface area contributed by atoms with E-state index in [1.807, 2.05) is 6.08 Å². The van der Waals surface area contributed by atoms with Gasteiger partial charge in [-0.1, -0.05) is 12.2 Å². The van der Waals surface area contributed by atoms with Crippen LogP contribution in [0.25, 0.3) is 0 Å². The number of rotatable bonds is 1. The molecular formula is C8H9NO4. The van der Waals surface area contributed by atoms with E-state index in [4.69, 9.17) is 9.84 Å². The molecule has 2 atom stereocenters. The molecule has 0 bridgehead atoms. The number of carboxylic acids is 1. The van der Waals surface area contributed by atoms with Crippen molar-refractivity contribution in [2.75, 3.05) is 6.61 Å². The Labute approximate surface area is 74.6 Å². The lowest BCUT2D eigenvalue weighted by Gasteiger charge is -2.28. The van der Waals surface area contributed by atoms with Crippen LogP contribution in [0, 0.1) is 0 Å². The third-order valence-corrected chi connectivity index (χ3v) is 2.28. The monoisotopic (exact) mass is 183 g/mol. The standard InChI is InChI=1S/C8H9NO4/c10-7(11)6-3-1-2-5-4-13-8(12)9(5)6/h1-2,5-6H,3-4H2,(H,10,11)/t5-,6?/m0/s1. The van der Waals surface area contributed by atoms with Gasteiger partial charge >= 0.3 is 12.1 Å². The van der Waals surface area contributed by atoms with Crippen LogP contribution in [0.15, 0.2) is 12.2 Å². The average Bonchev–Trinajstić information content (AvgIpc) is 2.48. The van der Waals surface area contributed by atoms with Crippen LogP contribution in [0.5, 0.6) is 0 Å². The fraction of sp³-hybridized carbons (Fsp3) is 0.500. The average molecular weight is 183 g/mol. The molecule has 2 aliphatic rings. The molecule has 0 aromatic carbocycles. The highest BCUT2D eigenvalue weighted by molar-refractivity contribution is 5.82. The van der Waals surface area contributed by atoms with Gasteiger partial charge in [0.1, 0.15) is 12.6 Å². The van der Waals surface area contributed by atoms with Crippen molar-refractivity contribution in [2.24, 2.45) is 0 Å². The summed E-state index contributed by atoms with van der Waals surface area (Å²) < 4.78 is 4.75. The van der Waals surface area contributed by atoms with E-state index in [9.17, 15) is 9.59 Å². The molecule has 0 spiro atoms. The first kappa shape index (κ1) is 8.10. The minimum absolute atomic E-state index is 0.192. The number of carbonyl (C=O) groups excluding carboxylic acids is 1. The first-order chi connectivity index (χ1) is 6.20. The fourth-order valence-electron chi connectivity index (χ4n) is 1.65. The zero-order valence-corrected chi connectivity index (χ0v) is 6.84. The number of nitrogens with zero attached hydrogens (tertiary/aromatic N) is 1. The molecule has 70 valence electrons. The van der Waals surface area contributed by atoms with Crippen molar-refractivity contribution in [1.82, 2.24) is 4.90 Å². The molecule has 5 heteroatoms. The number of fused-ring (bicyclic) bond motifs is 1. The molecule has 5 nitrogen and oxygen atoms in total. The lowest BCUT2D eigenvalue weighted by Crippen LogP contribution is -2.47. The summed E-state index contributed by atoms with van der Waals surface area (Å²) >= 11 is 0. The van der Waals surface area contributed by atoms with E-state index < -0.39 is 18.1 Å². The minimum Gasteiger partial charge on any atom is -0.480 e. The van der Waals surface area contributed by atoms with Crippen molar-refractivity contribution in [3.63, 3.8) is 0 Å². The fourth-order valence-corrected chi connectivity index (χ4v) is 1.65. The topological polar surface area (TPSA) is 66.8 Å². The molecule has 1 fully saturated rings. The predicted molar refractivity (Wildman–Crippen MR) is 42.2 cm³/mol. The van der Waals surface area contributed by atoms with Gasteiger partial charge in [-0.3, -0.25) is 4.90 Å². The van der Waals surface area contributed by atoms with Crippen LogP contribution in [-0.4, -0.2) is 40.8 Å². The number of carboxylic acid groups (broad SMARTS) is 1. The Morgan fingerprint density at radius 1 is 1.69 bits per heavy atom. The van der Waals surface area contributed by atoms with Crippen molar-refractivity contribution < 1.29 is 19.4 Å². The second-order valence-corrected chi connectivity index (χ2v) is 3.07. The van der Waals surface area contributed by atoms with Crippen molar-refractivity contribution >= 4 is 12.1 Å². The van der Waals surface area contributed by atoms with Crippen LogP contribution in [0.1, 0.15) is 6.42 Å². The summed E-state index contributed by atoms with van der Waals surface area (Å²) in [5.41, 5.74) is 0. The number of aliphatic carboxylic acids is 1. The summed E-state index contributed by atoms with van der Waals surface area (Å²) in [5.74, 6) is -0.979. The van der Waals surface area contributed by atoms with E-state index in [2.05, 4.69) is 0 Å².